The molecular weight excluding hydrogens is 172 g/mol. The van der Waals surface area contributed by atoms with Gasteiger partial charge in [-0.15, -0.1) is 0 Å². The van der Waals surface area contributed by atoms with Crippen molar-refractivity contribution in [2.45, 2.75) is 45.1 Å². The van der Waals surface area contributed by atoms with Crippen molar-refractivity contribution < 1.29 is 0 Å². The van der Waals surface area contributed by atoms with Crippen LogP contribution in [0.3, 0.4) is 0 Å². The number of hydrogen-bond acceptors (Lipinski definition) is 2. The molecule has 14 heavy (non-hydrogen) atoms. The van der Waals surface area contributed by atoms with E-state index < -0.39 is 0 Å². The first-order valence-electron chi connectivity index (χ1n) is 6.23. The van der Waals surface area contributed by atoms with Crippen LogP contribution >= 0.6 is 0 Å². The van der Waals surface area contributed by atoms with Gasteiger partial charge in [0, 0.05) is 12.6 Å². The van der Waals surface area contributed by atoms with E-state index in [4.69, 9.17) is 5.73 Å². The minimum Gasteiger partial charge on any atom is -0.329 e. The third-order valence-electron chi connectivity index (χ3n) is 3.89. The summed E-state index contributed by atoms with van der Waals surface area (Å²) in [7, 11) is 0. The second kappa shape index (κ2) is 4.63. The van der Waals surface area contributed by atoms with Crippen molar-refractivity contribution >= 4 is 0 Å². The fourth-order valence-corrected chi connectivity index (χ4v) is 2.59. The molecule has 1 aliphatic heterocycles. The third-order valence-corrected chi connectivity index (χ3v) is 3.89. The Morgan fingerprint density at radius 3 is 2.71 bits per heavy atom. The molecule has 0 aromatic heterocycles. The molecule has 2 heteroatoms. The van der Waals surface area contributed by atoms with Crippen molar-refractivity contribution in [3.8, 4) is 0 Å². The van der Waals surface area contributed by atoms with Crippen molar-refractivity contribution in [1.29, 1.82) is 0 Å². The monoisotopic (exact) mass is 196 g/mol. The fourth-order valence-electron chi connectivity index (χ4n) is 2.59. The summed E-state index contributed by atoms with van der Waals surface area (Å²) in [5.41, 5.74) is 5.84. The van der Waals surface area contributed by atoms with Gasteiger partial charge in [0.05, 0.1) is 0 Å². The smallest absolute Gasteiger partial charge is 0.0220 e. The molecule has 1 aliphatic carbocycles. The summed E-state index contributed by atoms with van der Waals surface area (Å²) in [6.45, 7) is 5.81. The lowest BCUT2D eigenvalue weighted by Gasteiger charge is -2.38. The zero-order chi connectivity index (χ0) is 9.97. The van der Waals surface area contributed by atoms with Crippen LogP contribution in [0.5, 0.6) is 0 Å². The van der Waals surface area contributed by atoms with Crippen molar-refractivity contribution in [1.82, 2.24) is 4.90 Å². The summed E-state index contributed by atoms with van der Waals surface area (Å²) in [5.74, 6) is 1.95. The molecule has 0 bridgehead atoms. The molecule has 0 radical (unpaired) electrons. The number of nitrogens with zero attached hydrogens (tertiary/aromatic N) is 1. The average Bonchev–Trinajstić information content (AvgIpc) is 2.99. The van der Waals surface area contributed by atoms with Crippen molar-refractivity contribution in [2.24, 2.45) is 17.6 Å². The van der Waals surface area contributed by atoms with E-state index in [0.29, 0.717) is 6.04 Å². The highest BCUT2D eigenvalue weighted by Crippen LogP contribution is 2.33. The summed E-state index contributed by atoms with van der Waals surface area (Å²) in [6.07, 6.45) is 7.09. The van der Waals surface area contributed by atoms with Crippen molar-refractivity contribution in [3.05, 3.63) is 0 Å². The molecule has 1 heterocycles. The molecule has 1 saturated heterocycles. The van der Waals surface area contributed by atoms with Gasteiger partial charge in [0.2, 0.25) is 0 Å². The van der Waals surface area contributed by atoms with E-state index in [1.54, 1.807) is 0 Å². The first-order valence-corrected chi connectivity index (χ1v) is 6.23. The largest absolute Gasteiger partial charge is 0.329 e. The number of piperidine rings is 1. The normalized spacial score (nSPS) is 34.7. The lowest BCUT2D eigenvalue weighted by Crippen LogP contribution is -2.46. The maximum absolute atomic E-state index is 5.84. The molecule has 2 nitrogen and oxygen atoms in total. The van der Waals surface area contributed by atoms with E-state index in [2.05, 4.69) is 11.8 Å². The summed E-state index contributed by atoms with van der Waals surface area (Å²) < 4.78 is 0. The lowest BCUT2D eigenvalue weighted by molar-refractivity contribution is 0.119. The van der Waals surface area contributed by atoms with Crippen LogP contribution in [0.1, 0.15) is 39.0 Å². The Morgan fingerprint density at radius 1 is 1.29 bits per heavy atom. The summed E-state index contributed by atoms with van der Waals surface area (Å²) >= 11 is 0. The highest BCUT2D eigenvalue weighted by atomic mass is 15.2. The van der Waals surface area contributed by atoms with Crippen LogP contribution in [0, 0.1) is 11.8 Å². The zero-order valence-electron chi connectivity index (χ0n) is 9.41. The Bertz CT molecular complexity index is 177. The van der Waals surface area contributed by atoms with E-state index in [1.165, 1.54) is 45.2 Å². The lowest BCUT2D eigenvalue weighted by atomic mass is 9.92. The fraction of sp³-hybridized carbons (Fsp3) is 1.00. The van der Waals surface area contributed by atoms with E-state index >= 15 is 0 Å². The molecular formula is C12H24N2. The number of nitrogens with two attached hydrogens (primary N) is 1. The zero-order valence-corrected chi connectivity index (χ0v) is 9.41. The van der Waals surface area contributed by atoms with Crippen LogP contribution in [0.2, 0.25) is 0 Å². The van der Waals surface area contributed by atoms with Gasteiger partial charge in [0.25, 0.3) is 0 Å². The first kappa shape index (κ1) is 10.4. The standard InChI is InChI=1S/C12H24N2/c1-10-4-6-14(12(8-10)9-13)7-5-11-2-3-11/h10-12H,2-9,13H2,1H3. The SMILES string of the molecule is CC1CCN(CCC2CC2)C(CN)C1. The topological polar surface area (TPSA) is 29.3 Å². The molecule has 82 valence electrons. The molecule has 2 atom stereocenters. The van der Waals surface area contributed by atoms with Gasteiger partial charge in [-0.1, -0.05) is 19.8 Å². The third kappa shape index (κ3) is 2.71. The van der Waals surface area contributed by atoms with Gasteiger partial charge in [-0.25, -0.2) is 0 Å². The second-order valence-corrected chi connectivity index (χ2v) is 5.29. The summed E-state index contributed by atoms with van der Waals surface area (Å²) in [6, 6.07) is 0.678. The molecule has 0 aromatic carbocycles. The highest BCUT2D eigenvalue weighted by molar-refractivity contribution is 4.83. The summed E-state index contributed by atoms with van der Waals surface area (Å²) in [5, 5.41) is 0. The van der Waals surface area contributed by atoms with Gasteiger partial charge in [-0.05, 0) is 44.2 Å². The molecule has 2 aliphatic rings. The number of rotatable bonds is 4. The van der Waals surface area contributed by atoms with Gasteiger partial charge in [-0.3, -0.25) is 4.90 Å². The predicted molar refractivity (Wildman–Crippen MR) is 60.2 cm³/mol. The van der Waals surface area contributed by atoms with Crippen molar-refractivity contribution in [2.75, 3.05) is 19.6 Å². The second-order valence-electron chi connectivity index (χ2n) is 5.29. The van der Waals surface area contributed by atoms with Gasteiger partial charge in [0.1, 0.15) is 0 Å². The number of likely N-dealkylation sites (tertiary alicyclic amines) is 1. The Kier molecular flexibility index (Phi) is 3.45. The molecule has 2 unspecified atom stereocenters. The molecule has 1 saturated carbocycles. The van der Waals surface area contributed by atoms with Gasteiger partial charge in [0.15, 0.2) is 0 Å². The van der Waals surface area contributed by atoms with E-state index in [0.717, 1.165) is 18.4 Å². The predicted octanol–water partition coefficient (Wildman–Crippen LogP) is 1.85. The van der Waals surface area contributed by atoms with Crippen LogP contribution in [-0.4, -0.2) is 30.6 Å². The molecule has 0 aromatic rings. The Balaban J connectivity index is 1.76. The van der Waals surface area contributed by atoms with E-state index in [1.807, 2.05) is 0 Å². The van der Waals surface area contributed by atoms with Crippen LogP contribution in [0.25, 0.3) is 0 Å². The average molecular weight is 196 g/mol. The van der Waals surface area contributed by atoms with Gasteiger partial charge < -0.3 is 5.73 Å². The van der Waals surface area contributed by atoms with Crippen LogP contribution in [0.15, 0.2) is 0 Å². The van der Waals surface area contributed by atoms with Crippen LogP contribution in [-0.2, 0) is 0 Å². The minimum absolute atomic E-state index is 0.678. The Labute approximate surface area is 87.8 Å². The van der Waals surface area contributed by atoms with E-state index in [-0.39, 0.29) is 0 Å². The maximum atomic E-state index is 5.84. The quantitative estimate of drug-likeness (QED) is 0.743. The van der Waals surface area contributed by atoms with Crippen LogP contribution < -0.4 is 5.73 Å². The molecule has 2 fully saturated rings. The Morgan fingerprint density at radius 2 is 2.07 bits per heavy atom. The van der Waals surface area contributed by atoms with Crippen LogP contribution in [0.4, 0.5) is 0 Å². The van der Waals surface area contributed by atoms with Gasteiger partial charge >= 0.3 is 0 Å². The minimum atomic E-state index is 0.678. The maximum Gasteiger partial charge on any atom is 0.0220 e. The highest BCUT2D eigenvalue weighted by Gasteiger charge is 2.27. The summed E-state index contributed by atoms with van der Waals surface area (Å²) in [4.78, 5) is 2.64. The molecule has 0 amide bonds. The first-order chi connectivity index (χ1) is 6.79. The van der Waals surface area contributed by atoms with Crippen molar-refractivity contribution in [3.63, 3.8) is 0 Å². The molecule has 0 spiro atoms. The Hall–Kier alpha value is -0.0800. The van der Waals surface area contributed by atoms with Gasteiger partial charge in [-0.2, -0.15) is 0 Å². The molecule has 2 N–H and O–H groups in total. The molecule has 2 rings (SSSR count). The number of hydrogen-bond donors (Lipinski definition) is 1. The van der Waals surface area contributed by atoms with E-state index in [9.17, 15) is 0 Å².